The number of hydrogen-bond donors (Lipinski definition) is 2. The molecule has 2 aromatic rings. The summed E-state index contributed by atoms with van der Waals surface area (Å²) in [5.74, 6) is 0.0407. The first-order valence-corrected chi connectivity index (χ1v) is 8.93. The first-order valence-electron chi connectivity index (χ1n) is 8.05. The van der Waals surface area contributed by atoms with Crippen molar-refractivity contribution >= 4 is 33.8 Å². The molecule has 0 atom stereocenters. The second-order valence-corrected chi connectivity index (χ2v) is 6.58. The average Bonchev–Trinajstić information content (AvgIpc) is 3.10. The summed E-state index contributed by atoms with van der Waals surface area (Å²) in [5, 5.41) is 9.63. The summed E-state index contributed by atoms with van der Waals surface area (Å²) >= 11 is 1.70. The monoisotopic (exact) mass is 330 g/mol. The normalized spacial score (nSPS) is 15.4. The van der Waals surface area contributed by atoms with Crippen molar-refractivity contribution in [3.05, 3.63) is 35.8 Å². The molecule has 1 aliphatic heterocycles. The first-order chi connectivity index (χ1) is 11.2. The van der Waals surface area contributed by atoms with Crippen molar-refractivity contribution in [2.75, 3.05) is 28.6 Å². The minimum Gasteiger partial charge on any atom is -0.382 e. The molecular formula is C17H22N4OS. The second-order valence-electron chi connectivity index (χ2n) is 5.70. The van der Waals surface area contributed by atoms with E-state index in [0.717, 1.165) is 42.4 Å². The van der Waals surface area contributed by atoms with Crippen LogP contribution in [0.15, 0.2) is 35.8 Å². The number of aromatic nitrogens is 1. The van der Waals surface area contributed by atoms with Crippen molar-refractivity contribution in [3.8, 4) is 0 Å². The molecule has 0 aliphatic carbocycles. The van der Waals surface area contributed by atoms with Gasteiger partial charge < -0.3 is 15.5 Å². The van der Waals surface area contributed by atoms with Crippen LogP contribution in [0.25, 0.3) is 0 Å². The minimum absolute atomic E-state index is 0.0407. The van der Waals surface area contributed by atoms with E-state index in [1.54, 1.807) is 11.3 Å². The molecule has 0 spiro atoms. The van der Waals surface area contributed by atoms with Crippen molar-refractivity contribution in [1.29, 1.82) is 0 Å². The Kier molecular flexibility index (Phi) is 5.12. The van der Waals surface area contributed by atoms with Gasteiger partial charge in [-0.05, 0) is 31.0 Å². The maximum Gasteiger partial charge on any atom is 0.224 e. The van der Waals surface area contributed by atoms with Gasteiger partial charge in [0.2, 0.25) is 5.91 Å². The standard InChI is InChI=1S/C17H22N4OS/c1-2-16(22)20-15-5-3-4-14(12-15)19-13-6-9-21(10-7-13)17-18-8-11-23-17/h3-5,8,11-13,19H,2,6-7,9-10H2,1H3,(H,20,22). The summed E-state index contributed by atoms with van der Waals surface area (Å²) in [5.41, 5.74) is 1.91. The number of rotatable bonds is 5. The van der Waals surface area contributed by atoms with Crippen molar-refractivity contribution in [3.63, 3.8) is 0 Å². The third-order valence-electron chi connectivity index (χ3n) is 4.02. The molecule has 1 aromatic carbocycles. The van der Waals surface area contributed by atoms with E-state index in [1.165, 1.54) is 0 Å². The Morgan fingerprint density at radius 2 is 2.13 bits per heavy atom. The predicted molar refractivity (Wildman–Crippen MR) is 96.3 cm³/mol. The molecule has 1 amide bonds. The molecule has 23 heavy (non-hydrogen) atoms. The molecule has 1 aromatic heterocycles. The number of amides is 1. The number of thiazole rings is 1. The quantitative estimate of drug-likeness (QED) is 0.880. The number of nitrogens with one attached hydrogen (secondary N) is 2. The zero-order chi connectivity index (χ0) is 16.1. The number of carbonyl (C=O) groups excluding carboxylic acids is 1. The smallest absolute Gasteiger partial charge is 0.224 e. The molecule has 0 saturated carbocycles. The van der Waals surface area contributed by atoms with Crippen LogP contribution in [-0.2, 0) is 4.79 Å². The highest BCUT2D eigenvalue weighted by molar-refractivity contribution is 7.13. The average molecular weight is 330 g/mol. The van der Waals surface area contributed by atoms with Crippen LogP contribution in [-0.4, -0.2) is 30.0 Å². The third-order valence-corrected chi connectivity index (χ3v) is 4.86. The minimum atomic E-state index is 0.0407. The van der Waals surface area contributed by atoms with Crippen LogP contribution in [0.1, 0.15) is 26.2 Å². The van der Waals surface area contributed by atoms with Crippen LogP contribution < -0.4 is 15.5 Å². The van der Waals surface area contributed by atoms with Crippen LogP contribution >= 0.6 is 11.3 Å². The van der Waals surface area contributed by atoms with E-state index in [4.69, 9.17) is 0 Å². The summed E-state index contributed by atoms with van der Waals surface area (Å²) in [6.45, 7) is 3.91. The lowest BCUT2D eigenvalue weighted by atomic mass is 10.0. The Morgan fingerprint density at radius 3 is 2.83 bits per heavy atom. The number of hydrogen-bond acceptors (Lipinski definition) is 5. The Labute approximate surface area is 140 Å². The SMILES string of the molecule is CCC(=O)Nc1cccc(NC2CCN(c3nccs3)CC2)c1. The molecule has 2 heterocycles. The molecule has 2 N–H and O–H groups in total. The second kappa shape index (κ2) is 7.46. The Balaban J connectivity index is 1.54. The number of carbonyl (C=O) groups is 1. The molecule has 122 valence electrons. The zero-order valence-corrected chi connectivity index (χ0v) is 14.1. The van der Waals surface area contributed by atoms with Gasteiger partial charge in [0.05, 0.1) is 0 Å². The van der Waals surface area contributed by atoms with Gasteiger partial charge in [0.1, 0.15) is 0 Å². The van der Waals surface area contributed by atoms with Crippen LogP contribution in [0, 0.1) is 0 Å². The van der Waals surface area contributed by atoms with Gasteiger partial charge in [-0.3, -0.25) is 4.79 Å². The van der Waals surface area contributed by atoms with Gasteiger partial charge in [0.15, 0.2) is 5.13 Å². The lowest BCUT2D eigenvalue weighted by molar-refractivity contribution is -0.115. The van der Waals surface area contributed by atoms with E-state index in [0.29, 0.717) is 12.5 Å². The third kappa shape index (κ3) is 4.22. The molecule has 3 rings (SSSR count). The largest absolute Gasteiger partial charge is 0.382 e. The van der Waals surface area contributed by atoms with Gasteiger partial charge in [-0.15, -0.1) is 11.3 Å². The summed E-state index contributed by atoms with van der Waals surface area (Å²) in [4.78, 5) is 18.2. The Hall–Kier alpha value is -2.08. The summed E-state index contributed by atoms with van der Waals surface area (Å²) in [6, 6.07) is 8.40. The van der Waals surface area contributed by atoms with E-state index < -0.39 is 0 Å². The molecule has 6 heteroatoms. The fourth-order valence-electron chi connectivity index (χ4n) is 2.76. The fraction of sp³-hybridized carbons (Fsp3) is 0.412. The van der Waals surface area contributed by atoms with Crippen LogP contribution in [0.4, 0.5) is 16.5 Å². The molecule has 5 nitrogen and oxygen atoms in total. The Bertz CT molecular complexity index is 636. The maximum atomic E-state index is 11.5. The van der Waals surface area contributed by atoms with E-state index in [9.17, 15) is 4.79 Å². The van der Waals surface area contributed by atoms with Gasteiger partial charge in [-0.2, -0.15) is 0 Å². The lowest BCUT2D eigenvalue weighted by Gasteiger charge is -2.32. The molecule has 1 aliphatic rings. The zero-order valence-electron chi connectivity index (χ0n) is 13.3. The van der Waals surface area contributed by atoms with Crippen molar-refractivity contribution < 1.29 is 4.79 Å². The summed E-state index contributed by atoms with van der Waals surface area (Å²) < 4.78 is 0. The van der Waals surface area contributed by atoms with E-state index in [1.807, 2.05) is 36.7 Å². The maximum absolute atomic E-state index is 11.5. The molecule has 0 radical (unpaired) electrons. The van der Waals surface area contributed by atoms with Gasteiger partial charge >= 0.3 is 0 Å². The van der Waals surface area contributed by atoms with Crippen molar-refractivity contribution in [2.24, 2.45) is 0 Å². The first kappa shape index (κ1) is 15.8. The van der Waals surface area contributed by atoms with Gasteiger partial charge in [-0.25, -0.2) is 4.98 Å². The van der Waals surface area contributed by atoms with E-state index >= 15 is 0 Å². The number of piperidine rings is 1. The van der Waals surface area contributed by atoms with Crippen molar-refractivity contribution in [1.82, 2.24) is 4.98 Å². The highest BCUT2D eigenvalue weighted by Gasteiger charge is 2.20. The van der Waals surface area contributed by atoms with Crippen LogP contribution in [0.5, 0.6) is 0 Å². The van der Waals surface area contributed by atoms with E-state index in [2.05, 4.69) is 26.6 Å². The molecule has 1 saturated heterocycles. The van der Waals surface area contributed by atoms with Crippen molar-refractivity contribution in [2.45, 2.75) is 32.2 Å². The number of nitrogens with zero attached hydrogens (tertiary/aromatic N) is 2. The molecule has 0 bridgehead atoms. The van der Waals surface area contributed by atoms with Crippen LogP contribution in [0.3, 0.4) is 0 Å². The van der Waals surface area contributed by atoms with Gasteiger partial charge in [-0.1, -0.05) is 13.0 Å². The number of benzene rings is 1. The molecule has 0 unspecified atom stereocenters. The Morgan fingerprint density at radius 1 is 1.35 bits per heavy atom. The summed E-state index contributed by atoms with van der Waals surface area (Å²) in [7, 11) is 0. The lowest BCUT2D eigenvalue weighted by Crippen LogP contribution is -2.39. The highest BCUT2D eigenvalue weighted by atomic mass is 32.1. The fourth-order valence-corrected chi connectivity index (χ4v) is 3.46. The molecule has 1 fully saturated rings. The van der Waals surface area contributed by atoms with Crippen LogP contribution in [0.2, 0.25) is 0 Å². The van der Waals surface area contributed by atoms with Gasteiger partial charge in [0, 0.05) is 48.5 Å². The molecular weight excluding hydrogens is 308 g/mol. The number of anilines is 3. The van der Waals surface area contributed by atoms with E-state index in [-0.39, 0.29) is 5.91 Å². The van der Waals surface area contributed by atoms with Gasteiger partial charge in [0.25, 0.3) is 0 Å². The topological polar surface area (TPSA) is 57.3 Å². The predicted octanol–water partition coefficient (Wildman–Crippen LogP) is 3.57. The summed E-state index contributed by atoms with van der Waals surface area (Å²) in [6.07, 6.45) is 4.53. The highest BCUT2D eigenvalue weighted by Crippen LogP contribution is 2.24.